The molecule has 1 fully saturated rings. The van der Waals surface area contributed by atoms with Crippen LogP contribution in [0.2, 0.25) is 0 Å². The van der Waals surface area contributed by atoms with Gasteiger partial charge >= 0.3 is 0 Å². The van der Waals surface area contributed by atoms with Crippen LogP contribution < -0.4 is 5.14 Å². The van der Waals surface area contributed by atoms with Crippen molar-refractivity contribution in [3.05, 3.63) is 35.4 Å². The second kappa shape index (κ2) is 5.29. The van der Waals surface area contributed by atoms with Gasteiger partial charge in [-0.3, -0.25) is 5.14 Å². The van der Waals surface area contributed by atoms with Gasteiger partial charge in [0.1, 0.15) is 11.6 Å². The van der Waals surface area contributed by atoms with E-state index in [1.807, 2.05) is 13.8 Å². The maximum atomic E-state index is 13.3. The molecule has 19 heavy (non-hydrogen) atoms. The average molecular weight is 287 g/mol. The Balaban J connectivity index is 2.28. The van der Waals surface area contributed by atoms with Crippen LogP contribution in [0.25, 0.3) is 0 Å². The van der Waals surface area contributed by atoms with Crippen LogP contribution in [0.5, 0.6) is 0 Å². The van der Waals surface area contributed by atoms with Crippen molar-refractivity contribution >= 4 is 11.0 Å². The first-order valence-corrected chi connectivity index (χ1v) is 7.63. The van der Waals surface area contributed by atoms with Crippen molar-refractivity contribution in [3.63, 3.8) is 0 Å². The molecule has 2 nitrogen and oxygen atoms in total. The van der Waals surface area contributed by atoms with Crippen LogP contribution in [0.1, 0.15) is 44.6 Å². The minimum absolute atomic E-state index is 0.0210. The van der Waals surface area contributed by atoms with Crippen molar-refractivity contribution in [2.24, 2.45) is 11.1 Å². The fourth-order valence-corrected chi connectivity index (χ4v) is 2.80. The highest BCUT2D eigenvalue weighted by atomic mass is 32.2. The van der Waals surface area contributed by atoms with E-state index in [-0.39, 0.29) is 5.92 Å². The van der Waals surface area contributed by atoms with Crippen LogP contribution in [0, 0.1) is 17.6 Å². The van der Waals surface area contributed by atoms with Gasteiger partial charge in [-0.15, -0.1) is 0 Å². The second-order valence-corrected chi connectivity index (χ2v) is 7.61. The third-order valence-corrected chi connectivity index (χ3v) is 5.02. The Morgan fingerprint density at radius 1 is 1.32 bits per heavy atom. The molecule has 0 amide bonds. The monoisotopic (exact) mass is 287 g/mol. The highest BCUT2D eigenvalue weighted by molar-refractivity contribution is 7.84. The van der Waals surface area contributed by atoms with Crippen LogP contribution in [0.15, 0.2) is 18.2 Å². The summed E-state index contributed by atoms with van der Waals surface area (Å²) in [5, 5.41) is 5.50. The highest BCUT2D eigenvalue weighted by Gasteiger charge is 2.38. The van der Waals surface area contributed by atoms with Gasteiger partial charge in [0.2, 0.25) is 0 Å². The molecule has 0 aromatic heterocycles. The number of halogens is 2. The second-order valence-electron chi connectivity index (χ2n) is 5.91. The van der Waals surface area contributed by atoms with E-state index in [9.17, 15) is 13.0 Å². The molecule has 1 aliphatic carbocycles. The quantitative estimate of drug-likeness (QED) is 0.887. The molecule has 2 atom stereocenters. The van der Waals surface area contributed by atoms with Gasteiger partial charge in [-0.05, 0) is 62.6 Å². The number of hydrogen-bond donors (Lipinski definition) is 1. The van der Waals surface area contributed by atoms with Crippen molar-refractivity contribution in [2.75, 3.05) is 0 Å². The van der Waals surface area contributed by atoms with Gasteiger partial charge in [0.15, 0.2) is 0 Å². The molecule has 0 bridgehead atoms. The molecule has 5 heteroatoms. The Hall–Kier alpha value is -0.810. The molecule has 2 N–H and O–H groups in total. The number of hydrogen-bond acceptors (Lipinski definition) is 1. The zero-order valence-electron chi connectivity index (χ0n) is 11.2. The molecule has 1 saturated carbocycles. The van der Waals surface area contributed by atoms with E-state index in [0.717, 1.165) is 18.9 Å². The number of rotatable bonds is 5. The van der Waals surface area contributed by atoms with Crippen molar-refractivity contribution in [3.8, 4) is 0 Å². The van der Waals surface area contributed by atoms with Crippen LogP contribution in [0.4, 0.5) is 8.78 Å². The fourth-order valence-electron chi connectivity index (χ4n) is 2.46. The summed E-state index contributed by atoms with van der Waals surface area (Å²) < 4.78 is 37.7. The zero-order valence-corrected chi connectivity index (χ0v) is 12.0. The van der Waals surface area contributed by atoms with E-state index in [4.69, 9.17) is 5.14 Å². The van der Waals surface area contributed by atoms with E-state index in [0.29, 0.717) is 17.9 Å². The third kappa shape index (κ3) is 3.60. The lowest BCUT2D eigenvalue weighted by Gasteiger charge is -2.27. The molecule has 0 spiro atoms. The first-order chi connectivity index (χ1) is 8.79. The highest BCUT2D eigenvalue weighted by Crippen LogP contribution is 2.47. The Bertz CT molecular complexity index is 480. The van der Waals surface area contributed by atoms with Crippen molar-refractivity contribution in [1.29, 1.82) is 0 Å². The van der Waals surface area contributed by atoms with Crippen molar-refractivity contribution in [1.82, 2.24) is 0 Å². The Labute approximate surface area is 115 Å². The third-order valence-electron chi connectivity index (χ3n) is 3.76. The van der Waals surface area contributed by atoms with Gasteiger partial charge < -0.3 is 0 Å². The molecule has 1 unspecified atom stereocenters. The molecule has 1 aromatic carbocycles. The van der Waals surface area contributed by atoms with E-state index in [1.54, 1.807) is 0 Å². The standard InChI is InChI=1S/C14H19F2NOS/c1-14(2,19(17)18)8-13(9-3-4-9)10-5-11(15)7-12(16)6-10/h5-7,9,13H,3-4,8,17H2,1-2H3/t13-,19?/m0/s1. The predicted molar refractivity (Wildman–Crippen MR) is 72.8 cm³/mol. The summed E-state index contributed by atoms with van der Waals surface area (Å²) in [4.78, 5) is 0. The van der Waals surface area contributed by atoms with E-state index in [2.05, 4.69) is 0 Å². The predicted octanol–water partition coefficient (Wildman–Crippen LogP) is 3.25. The summed E-state index contributed by atoms with van der Waals surface area (Å²) >= 11 is 0. The molecule has 0 heterocycles. The Morgan fingerprint density at radius 2 is 1.84 bits per heavy atom. The molecule has 0 saturated heterocycles. The van der Waals surface area contributed by atoms with Gasteiger partial charge in [0.25, 0.3) is 0 Å². The lowest BCUT2D eigenvalue weighted by molar-refractivity contribution is 0.473. The summed E-state index contributed by atoms with van der Waals surface area (Å²) in [6.45, 7) is 3.66. The summed E-state index contributed by atoms with van der Waals surface area (Å²) in [7, 11) is -1.46. The van der Waals surface area contributed by atoms with E-state index < -0.39 is 27.4 Å². The molecule has 0 aliphatic heterocycles. The molecule has 106 valence electrons. The Morgan fingerprint density at radius 3 is 2.26 bits per heavy atom. The summed E-state index contributed by atoms with van der Waals surface area (Å²) in [6, 6.07) is 3.63. The fraction of sp³-hybridized carbons (Fsp3) is 0.571. The van der Waals surface area contributed by atoms with Crippen LogP contribution in [-0.4, -0.2) is 8.96 Å². The summed E-state index contributed by atoms with van der Waals surface area (Å²) in [6.07, 6.45) is 2.68. The molecule has 1 aromatic rings. The minimum Gasteiger partial charge on any atom is -0.251 e. The smallest absolute Gasteiger partial charge is 0.126 e. The SMILES string of the molecule is CC(C)(C[C@H](c1cc(F)cc(F)c1)C1CC1)S(N)=O. The van der Waals surface area contributed by atoms with Crippen LogP contribution >= 0.6 is 0 Å². The first kappa shape index (κ1) is 14.6. The number of benzene rings is 1. The molecule has 0 radical (unpaired) electrons. The Kier molecular flexibility index (Phi) is 4.06. The molecule has 1 aliphatic rings. The zero-order chi connectivity index (χ0) is 14.2. The average Bonchev–Trinajstić information content (AvgIpc) is 3.08. The van der Waals surface area contributed by atoms with Gasteiger partial charge in [-0.1, -0.05) is 0 Å². The maximum absolute atomic E-state index is 13.3. The normalized spacial score (nSPS) is 19.2. The topological polar surface area (TPSA) is 43.1 Å². The van der Waals surface area contributed by atoms with Gasteiger partial charge in [-0.25, -0.2) is 13.0 Å². The van der Waals surface area contributed by atoms with Crippen LogP contribution in [-0.2, 0) is 11.0 Å². The van der Waals surface area contributed by atoms with Crippen LogP contribution in [0.3, 0.4) is 0 Å². The lowest BCUT2D eigenvalue weighted by atomic mass is 9.86. The minimum atomic E-state index is -1.46. The molecule has 2 rings (SSSR count). The number of nitrogens with two attached hydrogens (primary N) is 1. The van der Waals surface area contributed by atoms with Gasteiger partial charge in [0, 0.05) is 6.07 Å². The summed E-state index contributed by atoms with van der Waals surface area (Å²) in [5.74, 6) is -0.684. The first-order valence-electron chi connectivity index (χ1n) is 6.42. The van der Waals surface area contributed by atoms with Gasteiger partial charge in [0.05, 0.1) is 15.7 Å². The maximum Gasteiger partial charge on any atom is 0.126 e. The van der Waals surface area contributed by atoms with E-state index >= 15 is 0 Å². The van der Waals surface area contributed by atoms with Gasteiger partial charge in [-0.2, -0.15) is 0 Å². The molecular weight excluding hydrogens is 268 g/mol. The lowest BCUT2D eigenvalue weighted by Crippen LogP contribution is -2.34. The largest absolute Gasteiger partial charge is 0.251 e. The summed E-state index contributed by atoms with van der Waals surface area (Å²) in [5.41, 5.74) is 0.651. The van der Waals surface area contributed by atoms with Crippen molar-refractivity contribution < 1.29 is 13.0 Å². The van der Waals surface area contributed by atoms with Crippen molar-refractivity contribution in [2.45, 2.75) is 43.8 Å². The van der Waals surface area contributed by atoms with E-state index in [1.165, 1.54) is 12.1 Å². The molecular formula is C14H19F2NOS.